The molecule has 1 atom stereocenters. The highest BCUT2D eigenvalue weighted by Crippen LogP contribution is 2.15. The smallest absolute Gasteiger partial charge is 0.273 e. The Morgan fingerprint density at radius 3 is 2.46 bits per heavy atom. The van der Waals surface area contributed by atoms with Gasteiger partial charge in [-0.25, -0.2) is 4.98 Å². The summed E-state index contributed by atoms with van der Waals surface area (Å²) in [5, 5.41) is 2.90. The van der Waals surface area contributed by atoms with Crippen molar-refractivity contribution in [3.8, 4) is 0 Å². The van der Waals surface area contributed by atoms with Crippen molar-refractivity contribution in [2.24, 2.45) is 5.73 Å². The summed E-state index contributed by atoms with van der Waals surface area (Å²) in [6.07, 6.45) is 1.98. The summed E-state index contributed by atoms with van der Waals surface area (Å²) in [4.78, 5) is 18.8. The van der Waals surface area contributed by atoms with Gasteiger partial charge in [-0.15, -0.1) is 0 Å². The monoisotopic (exact) mass is 358 g/mol. The highest BCUT2D eigenvalue weighted by molar-refractivity contribution is 5.91. The largest absolute Gasteiger partial charge is 0.446 e. The molecule has 1 amide bonds. The number of nitrogens with one attached hydrogen (secondary N) is 1. The fourth-order valence-corrected chi connectivity index (χ4v) is 3.02. The van der Waals surface area contributed by atoms with Gasteiger partial charge in [0.25, 0.3) is 5.91 Å². The van der Waals surface area contributed by atoms with Crippen LogP contribution in [-0.4, -0.2) is 41.0 Å². The fourth-order valence-electron chi connectivity index (χ4n) is 3.02. The highest BCUT2D eigenvalue weighted by atomic mass is 16.3. The zero-order valence-electron chi connectivity index (χ0n) is 16.1. The molecular weight excluding hydrogens is 328 g/mol. The minimum Gasteiger partial charge on any atom is -0.446 e. The number of hydrogen-bond acceptors (Lipinski definition) is 5. The fraction of sp³-hybridized carbons (Fsp3) is 0.500. The third-order valence-corrected chi connectivity index (χ3v) is 4.35. The lowest BCUT2D eigenvalue weighted by molar-refractivity contribution is 0.0934. The second kappa shape index (κ2) is 9.50. The molecule has 0 aliphatic heterocycles. The summed E-state index contributed by atoms with van der Waals surface area (Å²) in [6, 6.07) is 10.4. The van der Waals surface area contributed by atoms with E-state index in [9.17, 15) is 4.79 Å². The number of nitrogens with two attached hydrogens (primary N) is 1. The van der Waals surface area contributed by atoms with Crippen LogP contribution in [0, 0.1) is 0 Å². The van der Waals surface area contributed by atoms with Crippen molar-refractivity contribution in [2.45, 2.75) is 52.2 Å². The Balaban J connectivity index is 1.87. The molecule has 0 saturated carbocycles. The number of oxazole rings is 1. The maximum atomic E-state index is 12.3. The lowest BCUT2D eigenvalue weighted by Gasteiger charge is -2.30. The Morgan fingerprint density at radius 1 is 1.19 bits per heavy atom. The Labute approximate surface area is 155 Å². The Kier molecular flexibility index (Phi) is 7.36. The van der Waals surface area contributed by atoms with E-state index < -0.39 is 0 Å². The topological polar surface area (TPSA) is 84.4 Å². The van der Waals surface area contributed by atoms with Gasteiger partial charge in [0.15, 0.2) is 5.69 Å². The van der Waals surface area contributed by atoms with E-state index in [2.05, 4.69) is 42.9 Å². The van der Waals surface area contributed by atoms with E-state index >= 15 is 0 Å². The van der Waals surface area contributed by atoms with Crippen LogP contribution in [0.2, 0.25) is 0 Å². The van der Waals surface area contributed by atoms with Crippen molar-refractivity contribution in [2.75, 3.05) is 13.1 Å². The summed E-state index contributed by atoms with van der Waals surface area (Å²) in [5.74, 6) is 0.143. The van der Waals surface area contributed by atoms with Crippen LogP contribution in [0.15, 0.2) is 41.0 Å². The van der Waals surface area contributed by atoms with Crippen molar-refractivity contribution in [1.82, 2.24) is 15.2 Å². The lowest BCUT2D eigenvalue weighted by Crippen LogP contribution is -2.42. The summed E-state index contributed by atoms with van der Waals surface area (Å²) in [5.41, 5.74) is 7.52. The molecule has 0 radical (unpaired) electrons. The first-order chi connectivity index (χ1) is 12.4. The van der Waals surface area contributed by atoms with Crippen LogP contribution in [0.5, 0.6) is 0 Å². The second-order valence-electron chi connectivity index (χ2n) is 7.05. The van der Waals surface area contributed by atoms with Crippen LogP contribution in [0.4, 0.5) is 0 Å². The quantitative estimate of drug-likeness (QED) is 0.720. The molecule has 1 aromatic heterocycles. The van der Waals surface area contributed by atoms with E-state index in [0.29, 0.717) is 30.9 Å². The van der Waals surface area contributed by atoms with E-state index in [-0.39, 0.29) is 17.6 Å². The summed E-state index contributed by atoms with van der Waals surface area (Å²) >= 11 is 0. The van der Waals surface area contributed by atoms with Gasteiger partial charge in [-0.1, -0.05) is 30.3 Å². The number of carbonyl (C=O) groups excluding carboxylic acids is 1. The third kappa shape index (κ3) is 5.68. The van der Waals surface area contributed by atoms with Gasteiger partial charge < -0.3 is 15.5 Å². The van der Waals surface area contributed by atoms with Gasteiger partial charge >= 0.3 is 0 Å². The first kappa shape index (κ1) is 20.1. The number of aromatic nitrogens is 1. The van der Waals surface area contributed by atoms with Crippen molar-refractivity contribution in [3.05, 3.63) is 53.7 Å². The normalized spacial score (nSPS) is 12.8. The average molecular weight is 358 g/mol. The predicted octanol–water partition coefficient (Wildman–Crippen LogP) is 2.77. The van der Waals surface area contributed by atoms with Crippen molar-refractivity contribution in [3.63, 3.8) is 0 Å². The minimum atomic E-state index is -0.378. The number of amides is 1. The van der Waals surface area contributed by atoms with E-state index in [1.54, 1.807) is 0 Å². The zero-order valence-corrected chi connectivity index (χ0v) is 16.1. The van der Waals surface area contributed by atoms with Crippen LogP contribution >= 0.6 is 0 Å². The minimum absolute atomic E-state index is 0.237. The van der Waals surface area contributed by atoms with E-state index in [1.807, 2.05) is 30.3 Å². The molecule has 6 heteroatoms. The van der Waals surface area contributed by atoms with Gasteiger partial charge in [0.05, 0.1) is 6.04 Å². The Bertz CT molecular complexity index is 674. The van der Waals surface area contributed by atoms with Gasteiger partial charge in [-0.2, -0.15) is 0 Å². The summed E-state index contributed by atoms with van der Waals surface area (Å²) in [7, 11) is 0. The molecule has 2 aromatic rings. The van der Waals surface area contributed by atoms with Crippen LogP contribution in [-0.2, 0) is 6.42 Å². The Morgan fingerprint density at radius 2 is 1.85 bits per heavy atom. The van der Waals surface area contributed by atoms with Gasteiger partial charge in [0.2, 0.25) is 5.89 Å². The Hall–Kier alpha value is -2.18. The van der Waals surface area contributed by atoms with Gasteiger partial charge in [-0.05, 0) is 39.7 Å². The van der Waals surface area contributed by atoms with Crippen LogP contribution in [0.3, 0.4) is 0 Å². The maximum absolute atomic E-state index is 12.3. The molecule has 1 heterocycles. The van der Waals surface area contributed by atoms with Gasteiger partial charge in [0.1, 0.15) is 6.26 Å². The van der Waals surface area contributed by atoms with Crippen molar-refractivity contribution in [1.29, 1.82) is 0 Å². The molecule has 142 valence electrons. The summed E-state index contributed by atoms with van der Waals surface area (Å²) < 4.78 is 5.42. The summed E-state index contributed by atoms with van der Waals surface area (Å²) in [6.45, 7) is 9.96. The number of rotatable bonds is 9. The average Bonchev–Trinajstić information content (AvgIpc) is 3.09. The molecule has 0 saturated heterocycles. The number of benzene rings is 1. The number of carbonyl (C=O) groups is 1. The maximum Gasteiger partial charge on any atom is 0.273 e. The zero-order chi connectivity index (χ0) is 19.1. The van der Waals surface area contributed by atoms with Crippen molar-refractivity contribution < 1.29 is 9.21 Å². The molecule has 1 unspecified atom stereocenters. The predicted molar refractivity (Wildman–Crippen MR) is 103 cm³/mol. The molecule has 1 aromatic carbocycles. The third-order valence-electron chi connectivity index (χ3n) is 4.35. The molecular formula is C20H30N4O2. The van der Waals surface area contributed by atoms with Gasteiger partial charge in [0, 0.05) is 25.2 Å². The lowest BCUT2D eigenvalue weighted by atomic mass is 10.1. The molecule has 2 rings (SSSR count). The SMILES string of the molecule is CC(C)N(CCNC(=O)c1coc(C(N)Cc2ccccc2)n1)C(C)C. The molecule has 0 aliphatic rings. The highest BCUT2D eigenvalue weighted by Gasteiger charge is 2.18. The molecule has 0 fully saturated rings. The number of nitrogens with zero attached hydrogens (tertiary/aromatic N) is 2. The second-order valence-corrected chi connectivity index (χ2v) is 7.05. The molecule has 0 aliphatic carbocycles. The molecule has 26 heavy (non-hydrogen) atoms. The first-order valence-corrected chi connectivity index (χ1v) is 9.17. The molecule has 6 nitrogen and oxygen atoms in total. The first-order valence-electron chi connectivity index (χ1n) is 9.17. The molecule has 0 bridgehead atoms. The van der Waals surface area contributed by atoms with Crippen LogP contribution in [0.1, 0.15) is 55.7 Å². The molecule has 3 N–H and O–H groups in total. The number of hydrogen-bond donors (Lipinski definition) is 2. The van der Waals surface area contributed by atoms with Crippen LogP contribution < -0.4 is 11.1 Å². The van der Waals surface area contributed by atoms with Gasteiger partial charge in [-0.3, -0.25) is 9.69 Å². The standard InChI is InChI=1S/C20H30N4O2/c1-14(2)24(15(3)4)11-10-22-19(25)18-13-26-20(23-18)17(21)12-16-8-6-5-7-9-16/h5-9,13-15,17H,10-12,21H2,1-4H3,(H,22,25). The van der Waals surface area contributed by atoms with E-state index in [0.717, 1.165) is 12.1 Å². The van der Waals surface area contributed by atoms with Crippen molar-refractivity contribution >= 4 is 5.91 Å². The van der Waals surface area contributed by atoms with E-state index in [4.69, 9.17) is 10.2 Å². The van der Waals surface area contributed by atoms with Crippen LogP contribution in [0.25, 0.3) is 0 Å². The molecule has 0 spiro atoms. The van der Waals surface area contributed by atoms with E-state index in [1.165, 1.54) is 6.26 Å².